The number of hydrogen-bond donors (Lipinski definition) is 0. The summed E-state index contributed by atoms with van der Waals surface area (Å²) < 4.78 is 69.9. The summed E-state index contributed by atoms with van der Waals surface area (Å²) in [7, 11) is 0. The van der Waals surface area contributed by atoms with Crippen molar-refractivity contribution in [3.05, 3.63) is 90.0 Å². The van der Waals surface area contributed by atoms with Crippen molar-refractivity contribution in [1.82, 2.24) is 0 Å². The predicted octanol–water partition coefficient (Wildman–Crippen LogP) is 6.17. The molecule has 1 unspecified atom stereocenters. The predicted molar refractivity (Wildman–Crippen MR) is 115 cm³/mol. The maximum absolute atomic E-state index is 12.8. The minimum absolute atomic E-state index is 0.0302. The molecule has 0 spiro atoms. The summed E-state index contributed by atoms with van der Waals surface area (Å²) in [5.41, 5.74) is -0.0182. The molecule has 0 radical (unpaired) electrons. The molecule has 0 aromatic heterocycles. The largest absolute Gasteiger partial charge is 0.482 e. The zero-order valence-corrected chi connectivity index (χ0v) is 18.1. The quantitative estimate of drug-likeness (QED) is 0.244. The molecule has 0 saturated carbocycles. The van der Waals surface area contributed by atoms with Gasteiger partial charge in [0.25, 0.3) is 0 Å². The van der Waals surface area contributed by atoms with Gasteiger partial charge in [0.2, 0.25) is 0 Å². The zero-order valence-electron chi connectivity index (χ0n) is 18.1. The standard InChI is InChI=1S/C25H22F4O5/c1-2-25(17-7-4-3-5-8-17,18-11-13-19(14-12-18)32-23(26)27)34-22(30)16-31-20-9-6-10-21(15-20)33-24(28)29/h3-15,23-24H,2,16H2,1H3. The molecule has 3 rings (SSSR count). The van der Waals surface area contributed by atoms with Gasteiger partial charge in [-0.3, -0.25) is 0 Å². The van der Waals surface area contributed by atoms with E-state index in [0.29, 0.717) is 17.5 Å². The molecule has 3 aromatic rings. The molecule has 0 saturated heterocycles. The van der Waals surface area contributed by atoms with Crippen molar-refractivity contribution in [3.8, 4) is 17.2 Å². The lowest BCUT2D eigenvalue weighted by Crippen LogP contribution is -2.35. The first-order chi connectivity index (χ1) is 16.3. The molecule has 0 aliphatic rings. The van der Waals surface area contributed by atoms with Gasteiger partial charge in [-0.05, 0) is 30.7 Å². The second kappa shape index (κ2) is 11.4. The topological polar surface area (TPSA) is 54.0 Å². The molecule has 0 bridgehead atoms. The first-order valence-electron chi connectivity index (χ1n) is 10.3. The molecular formula is C25H22F4O5. The molecule has 5 nitrogen and oxygen atoms in total. The van der Waals surface area contributed by atoms with E-state index >= 15 is 0 Å². The van der Waals surface area contributed by atoms with Crippen LogP contribution in [0.5, 0.6) is 17.2 Å². The second-order valence-electron chi connectivity index (χ2n) is 7.07. The molecule has 0 heterocycles. The molecule has 0 aliphatic carbocycles. The first kappa shape index (κ1) is 24.9. The number of alkyl halides is 4. The highest BCUT2D eigenvalue weighted by atomic mass is 19.3. The molecule has 0 aliphatic heterocycles. The lowest BCUT2D eigenvalue weighted by atomic mass is 9.83. The van der Waals surface area contributed by atoms with Crippen molar-refractivity contribution in [2.75, 3.05) is 6.61 Å². The molecule has 1 atom stereocenters. The van der Waals surface area contributed by atoms with Gasteiger partial charge in [0.15, 0.2) is 12.2 Å². The Morgan fingerprint density at radius 2 is 1.35 bits per heavy atom. The van der Waals surface area contributed by atoms with Crippen LogP contribution in [-0.4, -0.2) is 25.8 Å². The van der Waals surface area contributed by atoms with Gasteiger partial charge in [-0.1, -0.05) is 55.5 Å². The molecule has 9 heteroatoms. The molecular weight excluding hydrogens is 456 g/mol. The van der Waals surface area contributed by atoms with Crippen LogP contribution >= 0.6 is 0 Å². The maximum Gasteiger partial charge on any atom is 0.387 e. The number of halogens is 4. The smallest absolute Gasteiger partial charge is 0.387 e. The fourth-order valence-electron chi connectivity index (χ4n) is 3.48. The third kappa shape index (κ3) is 6.40. The average Bonchev–Trinajstić information content (AvgIpc) is 2.82. The molecule has 180 valence electrons. The number of esters is 1. The second-order valence-corrected chi connectivity index (χ2v) is 7.07. The van der Waals surface area contributed by atoms with Gasteiger partial charge in [0.1, 0.15) is 17.2 Å². The Labute approximate surface area is 193 Å². The Kier molecular flexibility index (Phi) is 8.34. The molecule has 0 amide bonds. The summed E-state index contributed by atoms with van der Waals surface area (Å²) in [5.74, 6) is -0.722. The first-order valence-corrected chi connectivity index (χ1v) is 10.3. The van der Waals surface area contributed by atoms with Gasteiger partial charge in [-0.2, -0.15) is 17.6 Å². The Morgan fingerprint density at radius 1 is 0.765 bits per heavy atom. The van der Waals surface area contributed by atoms with E-state index in [0.717, 1.165) is 0 Å². The van der Waals surface area contributed by atoms with Crippen molar-refractivity contribution in [1.29, 1.82) is 0 Å². The number of carbonyl (C=O) groups is 1. The highest BCUT2D eigenvalue weighted by Gasteiger charge is 2.37. The summed E-state index contributed by atoms with van der Waals surface area (Å²) >= 11 is 0. The lowest BCUT2D eigenvalue weighted by Gasteiger charge is -2.34. The maximum atomic E-state index is 12.8. The van der Waals surface area contributed by atoms with Gasteiger partial charge in [0.05, 0.1) is 0 Å². The molecule has 34 heavy (non-hydrogen) atoms. The van der Waals surface area contributed by atoms with Crippen LogP contribution in [0.15, 0.2) is 78.9 Å². The Balaban J connectivity index is 1.81. The van der Waals surface area contributed by atoms with E-state index in [4.69, 9.17) is 9.47 Å². The summed E-state index contributed by atoms with van der Waals surface area (Å²) in [4.78, 5) is 12.8. The Hall–Kier alpha value is -3.75. The van der Waals surface area contributed by atoms with E-state index in [2.05, 4.69) is 9.47 Å². The average molecular weight is 478 g/mol. The van der Waals surface area contributed by atoms with Crippen molar-refractivity contribution in [3.63, 3.8) is 0 Å². The summed E-state index contributed by atoms with van der Waals surface area (Å²) in [5, 5.41) is 0. The third-order valence-corrected chi connectivity index (χ3v) is 4.96. The van der Waals surface area contributed by atoms with Crippen LogP contribution in [0.3, 0.4) is 0 Å². The van der Waals surface area contributed by atoms with Crippen molar-refractivity contribution < 1.29 is 41.3 Å². The number of carbonyl (C=O) groups excluding carboxylic acids is 1. The van der Waals surface area contributed by atoms with Crippen LogP contribution in [-0.2, 0) is 15.1 Å². The van der Waals surface area contributed by atoms with E-state index in [-0.39, 0.29) is 17.2 Å². The van der Waals surface area contributed by atoms with Gasteiger partial charge in [0, 0.05) is 17.2 Å². The number of benzene rings is 3. The van der Waals surface area contributed by atoms with Crippen LogP contribution in [0, 0.1) is 0 Å². The number of hydrogen-bond acceptors (Lipinski definition) is 5. The van der Waals surface area contributed by atoms with Crippen LogP contribution < -0.4 is 14.2 Å². The van der Waals surface area contributed by atoms with Crippen molar-refractivity contribution in [2.45, 2.75) is 32.2 Å². The van der Waals surface area contributed by atoms with Crippen LogP contribution in [0.25, 0.3) is 0 Å². The fourth-order valence-corrected chi connectivity index (χ4v) is 3.48. The van der Waals surface area contributed by atoms with E-state index in [9.17, 15) is 22.4 Å². The minimum Gasteiger partial charge on any atom is -0.482 e. The Morgan fingerprint density at radius 3 is 1.97 bits per heavy atom. The molecule has 3 aromatic carbocycles. The molecule has 0 N–H and O–H groups in total. The zero-order chi connectivity index (χ0) is 24.6. The van der Waals surface area contributed by atoms with Gasteiger partial charge in [-0.15, -0.1) is 0 Å². The van der Waals surface area contributed by atoms with E-state index in [1.165, 1.54) is 36.4 Å². The van der Waals surface area contributed by atoms with E-state index < -0.39 is 31.4 Å². The van der Waals surface area contributed by atoms with Crippen molar-refractivity contribution in [2.24, 2.45) is 0 Å². The number of ether oxygens (including phenoxy) is 4. The van der Waals surface area contributed by atoms with E-state index in [1.54, 1.807) is 36.4 Å². The van der Waals surface area contributed by atoms with Crippen LogP contribution in [0.2, 0.25) is 0 Å². The van der Waals surface area contributed by atoms with Gasteiger partial charge < -0.3 is 18.9 Å². The van der Waals surface area contributed by atoms with Crippen molar-refractivity contribution >= 4 is 5.97 Å². The SMILES string of the molecule is CCC(OC(=O)COc1cccc(OC(F)F)c1)(c1ccccc1)c1ccc(OC(F)F)cc1. The highest BCUT2D eigenvalue weighted by Crippen LogP contribution is 2.38. The monoisotopic (exact) mass is 478 g/mol. The van der Waals surface area contributed by atoms with E-state index in [1.807, 2.05) is 13.0 Å². The van der Waals surface area contributed by atoms with Gasteiger partial charge >= 0.3 is 19.2 Å². The Bertz CT molecular complexity index is 1060. The lowest BCUT2D eigenvalue weighted by molar-refractivity contribution is -0.159. The molecule has 0 fully saturated rings. The fraction of sp³-hybridized carbons (Fsp3) is 0.240. The summed E-state index contributed by atoms with van der Waals surface area (Å²) in [6.45, 7) is -4.64. The van der Waals surface area contributed by atoms with Crippen LogP contribution in [0.1, 0.15) is 24.5 Å². The van der Waals surface area contributed by atoms with Gasteiger partial charge in [-0.25, -0.2) is 4.79 Å². The summed E-state index contributed by atoms with van der Waals surface area (Å²) in [6.07, 6.45) is 0.329. The number of rotatable bonds is 11. The van der Waals surface area contributed by atoms with Crippen LogP contribution in [0.4, 0.5) is 17.6 Å². The normalized spacial score (nSPS) is 12.8. The third-order valence-electron chi connectivity index (χ3n) is 4.96. The highest BCUT2D eigenvalue weighted by molar-refractivity contribution is 5.72. The summed E-state index contributed by atoms with van der Waals surface area (Å²) in [6, 6.07) is 20.3. The minimum atomic E-state index is -2.99.